The molecule has 3 aromatic rings. The molecule has 0 bridgehead atoms. The van der Waals surface area contributed by atoms with E-state index in [1.807, 2.05) is 18.3 Å². The summed E-state index contributed by atoms with van der Waals surface area (Å²) in [6.07, 6.45) is 3.58. The Morgan fingerprint density at radius 3 is 2.83 bits per heavy atom. The number of aromatic nitrogens is 2. The summed E-state index contributed by atoms with van der Waals surface area (Å²) in [6, 6.07) is 4.78. The SMILES string of the molecule is COc1ccc(F)cc1C[NH+]1CCN(c2nc(C)nc3sc4c(c23)CCC4)CC1. The molecular weight excluding hydrogens is 387 g/mol. The van der Waals surface area contributed by atoms with Crippen LogP contribution >= 0.6 is 11.3 Å². The summed E-state index contributed by atoms with van der Waals surface area (Å²) < 4.78 is 19.1. The zero-order valence-corrected chi connectivity index (χ0v) is 17.7. The lowest BCUT2D eigenvalue weighted by Gasteiger charge is -2.33. The first-order chi connectivity index (χ1) is 14.1. The van der Waals surface area contributed by atoms with E-state index in [2.05, 4.69) is 4.90 Å². The van der Waals surface area contributed by atoms with Crippen molar-refractivity contribution in [3.63, 3.8) is 0 Å². The zero-order chi connectivity index (χ0) is 20.0. The molecule has 1 fully saturated rings. The number of aryl methyl sites for hydroxylation is 3. The van der Waals surface area contributed by atoms with Crippen molar-refractivity contribution in [3.05, 3.63) is 45.8 Å². The molecule has 1 N–H and O–H groups in total. The Bertz CT molecular complexity index is 1060. The van der Waals surface area contributed by atoms with E-state index in [0.717, 1.165) is 66.9 Å². The van der Waals surface area contributed by atoms with Crippen LogP contribution in [0.2, 0.25) is 0 Å². The van der Waals surface area contributed by atoms with Gasteiger partial charge in [0.2, 0.25) is 0 Å². The van der Waals surface area contributed by atoms with Gasteiger partial charge in [-0.15, -0.1) is 11.3 Å². The third-order valence-electron chi connectivity index (χ3n) is 6.11. The molecule has 0 spiro atoms. The van der Waals surface area contributed by atoms with Crippen molar-refractivity contribution in [3.8, 4) is 5.75 Å². The second-order valence-electron chi connectivity index (χ2n) is 8.00. The number of piperazine rings is 1. The van der Waals surface area contributed by atoms with E-state index in [0.29, 0.717) is 0 Å². The Morgan fingerprint density at radius 2 is 2.03 bits per heavy atom. The van der Waals surface area contributed by atoms with Crippen LogP contribution in [0.15, 0.2) is 18.2 Å². The number of benzene rings is 1. The van der Waals surface area contributed by atoms with Crippen molar-refractivity contribution in [2.24, 2.45) is 0 Å². The minimum Gasteiger partial charge on any atom is -0.496 e. The van der Waals surface area contributed by atoms with E-state index in [9.17, 15) is 4.39 Å². The monoisotopic (exact) mass is 413 g/mol. The molecule has 5 nitrogen and oxygen atoms in total. The van der Waals surface area contributed by atoms with Gasteiger partial charge in [0.15, 0.2) is 0 Å². The van der Waals surface area contributed by atoms with E-state index < -0.39 is 0 Å². The molecule has 0 saturated carbocycles. The molecule has 1 aliphatic heterocycles. The lowest BCUT2D eigenvalue weighted by molar-refractivity contribution is -0.914. The van der Waals surface area contributed by atoms with Gasteiger partial charge in [0.1, 0.15) is 34.6 Å². The number of methoxy groups -OCH3 is 1. The summed E-state index contributed by atoms with van der Waals surface area (Å²) in [5, 5.41) is 1.29. The van der Waals surface area contributed by atoms with Crippen molar-refractivity contribution in [2.75, 3.05) is 38.2 Å². The van der Waals surface area contributed by atoms with Gasteiger partial charge in [0, 0.05) is 4.88 Å². The summed E-state index contributed by atoms with van der Waals surface area (Å²) in [5.74, 6) is 2.54. The fourth-order valence-electron chi connectivity index (χ4n) is 4.68. The lowest BCUT2D eigenvalue weighted by Crippen LogP contribution is -3.13. The molecule has 7 heteroatoms. The van der Waals surface area contributed by atoms with Crippen LogP contribution in [0.3, 0.4) is 0 Å². The number of rotatable bonds is 4. The van der Waals surface area contributed by atoms with Crippen LogP contribution in [-0.2, 0) is 19.4 Å². The van der Waals surface area contributed by atoms with Crippen molar-refractivity contribution < 1.29 is 14.0 Å². The standard InChI is InChI=1S/C22H25FN4OS/c1-14-24-21(20-17-4-3-5-19(17)29-22(20)25-14)27-10-8-26(9-11-27)13-15-12-16(23)6-7-18(15)28-2/h6-7,12H,3-5,8-11,13H2,1-2H3/p+1. The highest BCUT2D eigenvalue weighted by atomic mass is 32.1. The molecule has 2 aromatic heterocycles. The normalized spacial score (nSPS) is 17.1. The maximum atomic E-state index is 13.7. The molecule has 0 atom stereocenters. The van der Waals surface area contributed by atoms with Crippen molar-refractivity contribution >= 4 is 27.4 Å². The summed E-state index contributed by atoms with van der Waals surface area (Å²) >= 11 is 1.85. The van der Waals surface area contributed by atoms with Gasteiger partial charge in [-0.25, -0.2) is 14.4 Å². The zero-order valence-electron chi connectivity index (χ0n) is 16.9. The maximum Gasteiger partial charge on any atom is 0.141 e. The summed E-state index contributed by atoms with van der Waals surface area (Å²) in [7, 11) is 1.64. The Labute approximate surface area is 174 Å². The molecule has 29 heavy (non-hydrogen) atoms. The van der Waals surface area contributed by atoms with Gasteiger partial charge >= 0.3 is 0 Å². The Kier molecular flexibility index (Phi) is 4.87. The molecule has 0 unspecified atom stereocenters. The number of hydrogen-bond acceptors (Lipinski definition) is 5. The summed E-state index contributed by atoms with van der Waals surface area (Å²) in [6.45, 7) is 6.66. The topological polar surface area (TPSA) is 42.7 Å². The fourth-order valence-corrected chi connectivity index (χ4v) is 5.98. The maximum absolute atomic E-state index is 13.7. The van der Waals surface area contributed by atoms with Crippen LogP contribution < -0.4 is 14.5 Å². The fraction of sp³-hybridized carbons (Fsp3) is 0.455. The van der Waals surface area contributed by atoms with E-state index in [1.54, 1.807) is 19.2 Å². The average Bonchev–Trinajstić information content (AvgIpc) is 3.29. The molecule has 2 aliphatic rings. The number of hydrogen-bond donors (Lipinski definition) is 1. The predicted molar refractivity (Wildman–Crippen MR) is 114 cm³/mol. The van der Waals surface area contributed by atoms with Crippen molar-refractivity contribution in [2.45, 2.75) is 32.7 Å². The number of nitrogens with zero attached hydrogens (tertiary/aromatic N) is 3. The van der Waals surface area contributed by atoms with Crippen LogP contribution in [0.1, 0.15) is 28.2 Å². The number of fused-ring (bicyclic) bond motifs is 3. The highest BCUT2D eigenvalue weighted by Gasteiger charge is 2.28. The molecule has 1 aromatic carbocycles. The summed E-state index contributed by atoms with van der Waals surface area (Å²) in [5.41, 5.74) is 2.42. The lowest BCUT2D eigenvalue weighted by atomic mass is 10.1. The highest BCUT2D eigenvalue weighted by Crippen LogP contribution is 2.40. The second kappa shape index (κ2) is 7.54. The molecule has 1 saturated heterocycles. The molecule has 152 valence electrons. The number of halogens is 1. The second-order valence-corrected chi connectivity index (χ2v) is 9.09. The number of quaternary nitrogens is 1. The molecule has 3 heterocycles. The quantitative estimate of drug-likeness (QED) is 0.714. The van der Waals surface area contributed by atoms with Crippen LogP contribution in [0, 0.1) is 12.7 Å². The minimum absolute atomic E-state index is 0.205. The van der Waals surface area contributed by atoms with E-state index >= 15 is 0 Å². The predicted octanol–water partition coefficient (Wildman–Crippen LogP) is 2.54. The van der Waals surface area contributed by atoms with Gasteiger partial charge in [0.05, 0.1) is 44.2 Å². The van der Waals surface area contributed by atoms with Crippen molar-refractivity contribution in [1.82, 2.24) is 9.97 Å². The van der Waals surface area contributed by atoms with E-state index in [-0.39, 0.29) is 5.82 Å². The smallest absolute Gasteiger partial charge is 0.141 e. The van der Waals surface area contributed by atoms with Gasteiger partial charge in [0.25, 0.3) is 0 Å². The number of thiophene rings is 1. The third kappa shape index (κ3) is 3.46. The Morgan fingerprint density at radius 1 is 1.21 bits per heavy atom. The minimum atomic E-state index is -0.205. The van der Waals surface area contributed by atoms with Gasteiger partial charge in [-0.2, -0.15) is 0 Å². The number of ether oxygens (including phenoxy) is 1. The van der Waals surface area contributed by atoms with Gasteiger partial charge in [-0.1, -0.05) is 0 Å². The molecule has 0 radical (unpaired) electrons. The highest BCUT2D eigenvalue weighted by molar-refractivity contribution is 7.19. The number of anilines is 1. The Hall–Kier alpha value is -2.25. The van der Waals surface area contributed by atoms with Gasteiger partial charge in [-0.05, 0) is 49.9 Å². The van der Waals surface area contributed by atoms with E-state index in [1.165, 1.54) is 39.6 Å². The molecule has 5 rings (SSSR count). The largest absolute Gasteiger partial charge is 0.496 e. The molecule has 1 aliphatic carbocycles. The van der Waals surface area contributed by atoms with Crippen molar-refractivity contribution in [1.29, 1.82) is 0 Å². The van der Waals surface area contributed by atoms with Gasteiger partial charge in [-0.3, -0.25) is 0 Å². The first-order valence-corrected chi connectivity index (χ1v) is 11.1. The van der Waals surface area contributed by atoms with Crippen LogP contribution in [0.25, 0.3) is 10.2 Å². The molecular formula is C22H26FN4OS+. The van der Waals surface area contributed by atoms with Crippen LogP contribution in [0.5, 0.6) is 5.75 Å². The van der Waals surface area contributed by atoms with E-state index in [4.69, 9.17) is 14.7 Å². The van der Waals surface area contributed by atoms with Gasteiger partial charge < -0.3 is 14.5 Å². The first kappa shape index (κ1) is 18.8. The third-order valence-corrected chi connectivity index (χ3v) is 7.30. The number of nitrogens with one attached hydrogen (secondary N) is 1. The van der Waals surface area contributed by atoms with Crippen LogP contribution in [0.4, 0.5) is 10.2 Å². The Balaban J connectivity index is 1.36. The first-order valence-electron chi connectivity index (χ1n) is 10.3. The average molecular weight is 414 g/mol. The molecule has 0 amide bonds. The van der Waals surface area contributed by atoms with Crippen LogP contribution in [-0.4, -0.2) is 43.3 Å². The summed E-state index contributed by atoms with van der Waals surface area (Å²) in [4.78, 5) is 16.1.